The summed E-state index contributed by atoms with van der Waals surface area (Å²) in [4.78, 5) is 21.3. The van der Waals surface area contributed by atoms with Gasteiger partial charge in [-0.3, -0.25) is 4.79 Å². The molecule has 3 rings (SSSR count). The third-order valence-corrected chi connectivity index (χ3v) is 4.78. The summed E-state index contributed by atoms with van der Waals surface area (Å²) < 4.78 is 0. The van der Waals surface area contributed by atoms with E-state index in [4.69, 9.17) is 0 Å². The molecule has 0 spiro atoms. The van der Waals surface area contributed by atoms with Crippen LogP contribution < -0.4 is 15.5 Å². The van der Waals surface area contributed by atoms with E-state index in [0.717, 1.165) is 38.4 Å². The number of amides is 1. The summed E-state index contributed by atoms with van der Waals surface area (Å²) in [6.45, 7) is 4.25. The van der Waals surface area contributed by atoms with Gasteiger partial charge in [0.05, 0.1) is 0 Å². The van der Waals surface area contributed by atoms with Gasteiger partial charge in [-0.15, -0.1) is 0 Å². The van der Waals surface area contributed by atoms with Gasteiger partial charge in [0.2, 0.25) is 0 Å². The molecule has 144 valence electrons. The molecular formula is C21H29N5O. The minimum Gasteiger partial charge on any atom is -0.353 e. The Kier molecular flexibility index (Phi) is 6.79. The van der Waals surface area contributed by atoms with Crippen LogP contribution in [0.15, 0.2) is 48.7 Å². The largest absolute Gasteiger partial charge is 0.353 e. The van der Waals surface area contributed by atoms with E-state index in [-0.39, 0.29) is 11.9 Å². The maximum absolute atomic E-state index is 12.4. The molecule has 2 heterocycles. The monoisotopic (exact) mass is 367 g/mol. The van der Waals surface area contributed by atoms with Crippen LogP contribution in [0.4, 0.5) is 5.82 Å². The molecule has 0 unspecified atom stereocenters. The van der Waals surface area contributed by atoms with Crippen molar-refractivity contribution in [2.24, 2.45) is 0 Å². The zero-order valence-corrected chi connectivity index (χ0v) is 16.2. The van der Waals surface area contributed by atoms with Crippen molar-refractivity contribution in [1.29, 1.82) is 0 Å². The van der Waals surface area contributed by atoms with Gasteiger partial charge >= 0.3 is 0 Å². The molecular weight excluding hydrogens is 338 g/mol. The SMILES string of the molecule is CN(C)CCCNC(=O)c1ccnc(N2CCN[C@H](c3ccccc3)C2)c1. The summed E-state index contributed by atoms with van der Waals surface area (Å²) in [6, 6.07) is 14.4. The smallest absolute Gasteiger partial charge is 0.251 e. The molecule has 1 saturated heterocycles. The van der Waals surface area contributed by atoms with Crippen LogP contribution in [-0.2, 0) is 0 Å². The fourth-order valence-corrected chi connectivity index (χ4v) is 3.30. The predicted octanol–water partition coefficient (Wildman–Crippen LogP) is 1.91. The maximum Gasteiger partial charge on any atom is 0.251 e. The highest BCUT2D eigenvalue weighted by Gasteiger charge is 2.22. The Bertz CT molecular complexity index is 734. The number of nitrogens with zero attached hydrogens (tertiary/aromatic N) is 3. The zero-order chi connectivity index (χ0) is 19.1. The van der Waals surface area contributed by atoms with Crippen LogP contribution in [0.3, 0.4) is 0 Å². The Labute approximate surface area is 161 Å². The number of piperazine rings is 1. The summed E-state index contributed by atoms with van der Waals surface area (Å²) in [7, 11) is 4.07. The Morgan fingerprint density at radius 1 is 1.30 bits per heavy atom. The van der Waals surface area contributed by atoms with E-state index >= 15 is 0 Å². The predicted molar refractivity (Wildman–Crippen MR) is 109 cm³/mol. The zero-order valence-electron chi connectivity index (χ0n) is 16.2. The molecule has 2 N–H and O–H groups in total. The lowest BCUT2D eigenvalue weighted by Gasteiger charge is -2.34. The first kappa shape index (κ1) is 19.3. The Morgan fingerprint density at radius 3 is 2.89 bits per heavy atom. The number of aromatic nitrogens is 1. The van der Waals surface area contributed by atoms with Crippen molar-refractivity contribution in [2.45, 2.75) is 12.5 Å². The molecule has 0 radical (unpaired) electrons. The third kappa shape index (κ3) is 5.52. The van der Waals surface area contributed by atoms with E-state index < -0.39 is 0 Å². The summed E-state index contributed by atoms with van der Waals surface area (Å²) in [5, 5.41) is 6.56. The van der Waals surface area contributed by atoms with E-state index in [9.17, 15) is 4.79 Å². The van der Waals surface area contributed by atoms with Gasteiger partial charge in [0.25, 0.3) is 5.91 Å². The topological polar surface area (TPSA) is 60.5 Å². The number of pyridine rings is 1. The second-order valence-electron chi connectivity index (χ2n) is 7.18. The molecule has 27 heavy (non-hydrogen) atoms. The van der Waals surface area contributed by atoms with Crippen molar-refractivity contribution in [3.63, 3.8) is 0 Å². The number of rotatable bonds is 7. The normalized spacial score (nSPS) is 17.1. The van der Waals surface area contributed by atoms with Crippen molar-refractivity contribution < 1.29 is 4.79 Å². The van der Waals surface area contributed by atoms with Gasteiger partial charge in [0, 0.05) is 44.0 Å². The van der Waals surface area contributed by atoms with E-state index in [2.05, 4.69) is 49.7 Å². The first-order chi connectivity index (χ1) is 13.1. The lowest BCUT2D eigenvalue weighted by atomic mass is 10.0. The Hall–Kier alpha value is -2.44. The first-order valence-electron chi connectivity index (χ1n) is 9.56. The molecule has 1 aromatic carbocycles. The van der Waals surface area contributed by atoms with Gasteiger partial charge in [-0.2, -0.15) is 0 Å². The maximum atomic E-state index is 12.4. The molecule has 1 fully saturated rings. The number of hydrogen-bond acceptors (Lipinski definition) is 5. The Morgan fingerprint density at radius 2 is 2.11 bits per heavy atom. The molecule has 6 heteroatoms. The van der Waals surface area contributed by atoms with Crippen molar-refractivity contribution >= 4 is 11.7 Å². The number of hydrogen-bond donors (Lipinski definition) is 2. The molecule has 1 aliphatic rings. The summed E-state index contributed by atoms with van der Waals surface area (Å²) in [6.07, 6.45) is 2.66. The fourth-order valence-electron chi connectivity index (χ4n) is 3.30. The highest BCUT2D eigenvalue weighted by Crippen LogP contribution is 2.21. The van der Waals surface area contributed by atoms with Crippen LogP contribution in [-0.4, -0.2) is 62.6 Å². The second kappa shape index (κ2) is 9.48. The van der Waals surface area contributed by atoms with Gasteiger partial charge in [-0.1, -0.05) is 30.3 Å². The number of nitrogens with one attached hydrogen (secondary N) is 2. The molecule has 1 atom stereocenters. The van der Waals surface area contributed by atoms with Gasteiger partial charge < -0.3 is 20.4 Å². The molecule has 1 aromatic heterocycles. The highest BCUT2D eigenvalue weighted by atomic mass is 16.1. The van der Waals surface area contributed by atoms with E-state index in [1.54, 1.807) is 12.3 Å². The number of anilines is 1. The molecule has 2 aromatic rings. The van der Waals surface area contributed by atoms with Crippen LogP contribution >= 0.6 is 0 Å². The standard InChI is InChI=1S/C21H29N5O/c1-25(2)13-6-10-24-21(27)18-9-11-23-20(15-18)26-14-12-22-19(16-26)17-7-4-3-5-8-17/h3-5,7-9,11,15,19,22H,6,10,12-14,16H2,1-2H3,(H,24,27)/t19-/m0/s1. The molecule has 0 saturated carbocycles. The minimum atomic E-state index is -0.0350. The third-order valence-electron chi connectivity index (χ3n) is 4.78. The molecule has 1 aliphatic heterocycles. The first-order valence-corrected chi connectivity index (χ1v) is 9.56. The molecule has 0 bridgehead atoms. The molecule has 6 nitrogen and oxygen atoms in total. The van der Waals surface area contributed by atoms with E-state index in [1.807, 2.05) is 26.2 Å². The molecule has 1 amide bonds. The van der Waals surface area contributed by atoms with Crippen LogP contribution in [0.1, 0.15) is 28.4 Å². The average molecular weight is 367 g/mol. The minimum absolute atomic E-state index is 0.0350. The lowest BCUT2D eigenvalue weighted by Crippen LogP contribution is -2.46. The summed E-state index contributed by atoms with van der Waals surface area (Å²) in [5.74, 6) is 0.825. The van der Waals surface area contributed by atoms with Crippen LogP contribution in [0, 0.1) is 0 Å². The van der Waals surface area contributed by atoms with E-state index in [0.29, 0.717) is 12.1 Å². The number of benzene rings is 1. The fraction of sp³-hybridized carbons (Fsp3) is 0.429. The lowest BCUT2D eigenvalue weighted by molar-refractivity contribution is 0.0952. The second-order valence-corrected chi connectivity index (χ2v) is 7.18. The highest BCUT2D eigenvalue weighted by molar-refractivity contribution is 5.94. The van der Waals surface area contributed by atoms with Gasteiger partial charge in [0.15, 0.2) is 0 Å². The van der Waals surface area contributed by atoms with Crippen molar-refractivity contribution in [1.82, 2.24) is 20.5 Å². The van der Waals surface area contributed by atoms with Gasteiger partial charge in [-0.25, -0.2) is 4.98 Å². The van der Waals surface area contributed by atoms with Gasteiger partial charge in [0.1, 0.15) is 5.82 Å². The Balaban J connectivity index is 1.61. The van der Waals surface area contributed by atoms with Crippen molar-refractivity contribution in [2.75, 3.05) is 51.7 Å². The van der Waals surface area contributed by atoms with Crippen LogP contribution in [0.5, 0.6) is 0 Å². The van der Waals surface area contributed by atoms with Gasteiger partial charge in [-0.05, 0) is 44.8 Å². The van der Waals surface area contributed by atoms with Crippen molar-refractivity contribution in [3.05, 3.63) is 59.8 Å². The quantitative estimate of drug-likeness (QED) is 0.732. The summed E-state index contributed by atoms with van der Waals surface area (Å²) in [5.41, 5.74) is 1.94. The van der Waals surface area contributed by atoms with Crippen LogP contribution in [0.2, 0.25) is 0 Å². The average Bonchev–Trinajstić information content (AvgIpc) is 2.72. The molecule has 0 aliphatic carbocycles. The number of carbonyl (C=O) groups is 1. The van der Waals surface area contributed by atoms with E-state index in [1.165, 1.54) is 5.56 Å². The van der Waals surface area contributed by atoms with Crippen molar-refractivity contribution in [3.8, 4) is 0 Å². The number of carbonyl (C=O) groups excluding carboxylic acids is 1. The summed E-state index contributed by atoms with van der Waals surface area (Å²) >= 11 is 0. The van der Waals surface area contributed by atoms with Crippen LogP contribution in [0.25, 0.3) is 0 Å².